The van der Waals surface area contributed by atoms with Crippen LogP contribution in [0.2, 0.25) is 0 Å². The Labute approximate surface area is 102 Å². The monoisotopic (exact) mass is 327 g/mol. The van der Waals surface area contributed by atoms with Gasteiger partial charge in [-0.3, -0.25) is 0 Å². The van der Waals surface area contributed by atoms with Crippen molar-refractivity contribution in [2.75, 3.05) is 0 Å². The van der Waals surface area contributed by atoms with Crippen LogP contribution in [0.5, 0.6) is 0 Å². The zero-order chi connectivity index (χ0) is 10.8. The van der Waals surface area contributed by atoms with Gasteiger partial charge in [0.15, 0.2) is 5.82 Å². The number of nitriles is 1. The summed E-state index contributed by atoms with van der Waals surface area (Å²) in [5, 5.41) is 12.5. The molecule has 0 saturated heterocycles. The Morgan fingerprint density at radius 2 is 2.13 bits per heavy atom. The van der Waals surface area contributed by atoms with E-state index in [1.54, 1.807) is 6.20 Å². The number of pyridine rings is 1. The van der Waals surface area contributed by atoms with Crippen LogP contribution < -0.4 is 0 Å². The minimum Gasteiger partial charge on any atom is -0.235 e. The topological polar surface area (TPSA) is 67.4 Å². The molecule has 0 unspecified atom stereocenters. The number of hydrogen-bond donors (Lipinski definition) is 0. The molecule has 74 valence electrons. The molecular weight excluding hydrogens is 326 g/mol. The molecule has 2 aromatic heterocycles. The van der Waals surface area contributed by atoms with Crippen LogP contribution in [-0.4, -0.2) is 19.7 Å². The summed E-state index contributed by atoms with van der Waals surface area (Å²) in [7, 11) is 0. The van der Waals surface area contributed by atoms with E-state index in [4.69, 9.17) is 5.26 Å². The average Bonchev–Trinajstić information content (AvgIpc) is 2.66. The molecule has 0 aliphatic rings. The molecule has 0 radical (unpaired) electrons. The molecule has 0 atom stereocenters. The molecule has 0 amide bonds. The lowest BCUT2D eigenvalue weighted by Crippen LogP contribution is -1.99. The Bertz CT molecular complexity index is 542. The van der Waals surface area contributed by atoms with Crippen LogP contribution in [0.15, 0.2) is 27.5 Å². The van der Waals surface area contributed by atoms with Crippen molar-refractivity contribution in [2.24, 2.45) is 0 Å². The minimum atomic E-state index is 0.117. The molecule has 0 bridgehead atoms. The maximum atomic E-state index is 8.58. The molecule has 0 aromatic carbocycles. The smallest absolute Gasteiger partial charge is 0.235 e. The van der Waals surface area contributed by atoms with E-state index in [1.165, 1.54) is 11.0 Å². The third-order valence-corrected chi connectivity index (χ3v) is 2.61. The maximum absolute atomic E-state index is 8.58. The van der Waals surface area contributed by atoms with Gasteiger partial charge in [-0.1, -0.05) is 0 Å². The highest BCUT2D eigenvalue weighted by molar-refractivity contribution is 9.11. The van der Waals surface area contributed by atoms with Gasteiger partial charge >= 0.3 is 0 Å². The van der Waals surface area contributed by atoms with Crippen LogP contribution in [-0.2, 0) is 0 Å². The summed E-state index contributed by atoms with van der Waals surface area (Å²) < 4.78 is 3.07. The molecule has 2 rings (SSSR count). The van der Waals surface area contributed by atoms with Crippen molar-refractivity contribution < 1.29 is 0 Å². The Kier molecular flexibility index (Phi) is 2.79. The summed E-state index contributed by atoms with van der Waals surface area (Å²) in [4.78, 5) is 7.95. The molecule has 0 N–H and O–H groups in total. The molecule has 0 spiro atoms. The molecule has 15 heavy (non-hydrogen) atoms. The lowest BCUT2D eigenvalue weighted by atomic mass is 10.5. The molecule has 0 aliphatic carbocycles. The highest BCUT2D eigenvalue weighted by Crippen LogP contribution is 2.21. The van der Waals surface area contributed by atoms with Gasteiger partial charge in [0.2, 0.25) is 0 Å². The number of halogens is 2. The number of nitrogens with zero attached hydrogens (tertiary/aromatic N) is 5. The van der Waals surface area contributed by atoms with Gasteiger partial charge in [0.1, 0.15) is 12.4 Å². The quantitative estimate of drug-likeness (QED) is 0.803. The van der Waals surface area contributed by atoms with Crippen LogP contribution in [0.4, 0.5) is 0 Å². The fraction of sp³-hybridized carbons (Fsp3) is 0. The van der Waals surface area contributed by atoms with E-state index in [0.717, 1.165) is 8.95 Å². The van der Waals surface area contributed by atoms with E-state index in [1.807, 2.05) is 12.1 Å². The third-order valence-electron chi connectivity index (χ3n) is 1.60. The minimum absolute atomic E-state index is 0.117. The SMILES string of the molecule is N#Cc1ncn(-c2ncc(Br)cc2Br)n1. The molecule has 2 heterocycles. The van der Waals surface area contributed by atoms with Crippen LogP contribution in [0.3, 0.4) is 0 Å². The molecule has 5 nitrogen and oxygen atoms in total. The molecule has 7 heteroatoms. The van der Waals surface area contributed by atoms with E-state index >= 15 is 0 Å². The lowest BCUT2D eigenvalue weighted by molar-refractivity contribution is 0.834. The van der Waals surface area contributed by atoms with Gasteiger partial charge in [-0.05, 0) is 37.9 Å². The Balaban J connectivity index is 2.50. The van der Waals surface area contributed by atoms with Gasteiger partial charge in [-0.2, -0.15) is 5.26 Å². The van der Waals surface area contributed by atoms with Gasteiger partial charge in [-0.15, -0.1) is 5.10 Å². The predicted octanol–water partition coefficient (Wildman–Crippen LogP) is 2.06. The second kappa shape index (κ2) is 4.08. The summed E-state index contributed by atoms with van der Waals surface area (Å²) in [6.45, 7) is 0. The zero-order valence-corrected chi connectivity index (χ0v) is 10.4. The van der Waals surface area contributed by atoms with Crippen LogP contribution in [0.1, 0.15) is 5.82 Å². The summed E-state index contributed by atoms with van der Waals surface area (Å²) in [5.74, 6) is 0.707. The van der Waals surface area contributed by atoms with Crippen molar-refractivity contribution in [3.05, 3.63) is 33.4 Å². The van der Waals surface area contributed by atoms with Crippen molar-refractivity contribution in [3.8, 4) is 11.9 Å². The number of rotatable bonds is 1. The first-order chi connectivity index (χ1) is 7.20. The fourth-order valence-electron chi connectivity index (χ4n) is 0.992. The summed E-state index contributed by atoms with van der Waals surface area (Å²) >= 11 is 6.65. The van der Waals surface area contributed by atoms with E-state index in [-0.39, 0.29) is 5.82 Å². The Hall–Kier alpha value is -1.26. The van der Waals surface area contributed by atoms with Gasteiger partial charge < -0.3 is 0 Å². The molecule has 2 aromatic rings. The first-order valence-electron chi connectivity index (χ1n) is 3.84. The average molecular weight is 329 g/mol. The van der Waals surface area contributed by atoms with Crippen molar-refractivity contribution in [2.45, 2.75) is 0 Å². The third kappa shape index (κ3) is 2.06. The van der Waals surface area contributed by atoms with E-state index in [2.05, 4.69) is 46.9 Å². The zero-order valence-electron chi connectivity index (χ0n) is 7.22. The maximum Gasteiger partial charge on any atom is 0.252 e. The van der Waals surface area contributed by atoms with Crippen LogP contribution >= 0.6 is 31.9 Å². The van der Waals surface area contributed by atoms with E-state index in [0.29, 0.717) is 5.82 Å². The van der Waals surface area contributed by atoms with Gasteiger partial charge in [-0.25, -0.2) is 14.6 Å². The first kappa shape index (κ1) is 10.3. The second-order valence-electron chi connectivity index (χ2n) is 2.58. The summed E-state index contributed by atoms with van der Waals surface area (Å²) in [6.07, 6.45) is 3.09. The van der Waals surface area contributed by atoms with Crippen molar-refractivity contribution in [3.63, 3.8) is 0 Å². The van der Waals surface area contributed by atoms with Gasteiger partial charge in [0.05, 0.1) is 4.47 Å². The van der Waals surface area contributed by atoms with Crippen molar-refractivity contribution in [1.82, 2.24) is 19.7 Å². The standard InChI is InChI=1S/C8H3Br2N5/c9-5-1-6(10)8(12-3-5)15-4-13-7(2-11)14-15/h1,3-4H. The highest BCUT2D eigenvalue weighted by Gasteiger charge is 2.07. The van der Waals surface area contributed by atoms with Crippen LogP contribution in [0, 0.1) is 11.3 Å². The Morgan fingerprint density at radius 1 is 1.33 bits per heavy atom. The van der Waals surface area contributed by atoms with Crippen LogP contribution in [0.25, 0.3) is 5.82 Å². The van der Waals surface area contributed by atoms with Gasteiger partial charge in [0, 0.05) is 10.7 Å². The first-order valence-corrected chi connectivity index (χ1v) is 5.42. The molecular formula is C8H3Br2N5. The molecule has 0 aliphatic heterocycles. The largest absolute Gasteiger partial charge is 0.252 e. The number of hydrogen-bond acceptors (Lipinski definition) is 4. The predicted molar refractivity (Wildman–Crippen MR) is 59.3 cm³/mol. The lowest BCUT2D eigenvalue weighted by Gasteiger charge is -2.01. The van der Waals surface area contributed by atoms with E-state index in [9.17, 15) is 0 Å². The van der Waals surface area contributed by atoms with Crippen molar-refractivity contribution in [1.29, 1.82) is 5.26 Å². The molecule has 0 saturated carbocycles. The summed E-state index contributed by atoms with van der Waals surface area (Å²) in [5.41, 5.74) is 0. The number of aromatic nitrogens is 4. The fourth-order valence-corrected chi connectivity index (χ4v) is 2.16. The van der Waals surface area contributed by atoms with E-state index < -0.39 is 0 Å². The molecule has 0 fully saturated rings. The second-order valence-corrected chi connectivity index (χ2v) is 4.35. The van der Waals surface area contributed by atoms with Gasteiger partial charge in [0.25, 0.3) is 5.82 Å². The Morgan fingerprint density at radius 3 is 2.73 bits per heavy atom. The summed E-state index contributed by atoms with van der Waals surface area (Å²) in [6, 6.07) is 3.70. The van der Waals surface area contributed by atoms with Crippen molar-refractivity contribution >= 4 is 31.9 Å². The highest BCUT2D eigenvalue weighted by atomic mass is 79.9. The normalized spacial score (nSPS) is 9.93.